The van der Waals surface area contributed by atoms with E-state index < -0.39 is 22.0 Å². The Bertz CT molecular complexity index is 1000. The van der Waals surface area contributed by atoms with Gasteiger partial charge in [-0.2, -0.15) is 0 Å². The van der Waals surface area contributed by atoms with Gasteiger partial charge < -0.3 is 14.8 Å². The fourth-order valence-electron chi connectivity index (χ4n) is 3.43. The number of aryl methyl sites for hydroxylation is 2. The number of benzene rings is 2. The molecule has 2 rings (SSSR count). The van der Waals surface area contributed by atoms with E-state index in [-0.39, 0.29) is 6.04 Å². The lowest BCUT2D eigenvalue weighted by atomic mass is 10.1. The van der Waals surface area contributed by atoms with Crippen molar-refractivity contribution in [3.8, 4) is 11.5 Å². The average molecular weight is 435 g/mol. The zero-order valence-electron chi connectivity index (χ0n) is 18.5. The molecule has 0 aliphatic carbocycles. The van der Waals surface area contributed by atoms with Crippen LogP contribution in [0, 0.1) is 13.8 Å². The maximum absolute atomic E-state index is 13.0. The molecule has 0 radical (unpaired) electrons. The third-order valence-electron chi connectivity index (χ3n) is 4.82. The molecule has 7 nitrogen and oxygen atoms in total. The molecule has 2 aromatic rings. The standard InChI is InChI=1S/C22H30N2O5S/c1-14-10-15(2)12-19(11-14)24(30(7,26)27)17(4)22(25)23-16(3)18-8-9-20(28-5)21(13-18)29-6/h8-13,16-17H,1-7H3,(H,23,25)/t16-,17+/m0/s1. The van der Waals surface area contributed by atoms with Crippen LogP contribution in [0.2, 0.25) is 0 Å². The topological polar surface area (TPSA) is 84.9 Å². The molecule has 164 valence electrons. The predicted octanol–water partition coefficient (Wildman–Crippen LogP) is 3.35. The van der Waals surface area contributed by atoms with Crippen LogP contribution in [0.1, 0.15) is 36.6 Å². The molecule has 0 saturated carbocycles. The third kappa shape index (κ3) is 5.44. The highest BCUT2D eigenvalue weighted by molar-refractivity contribution is 7.92. The van der Waals surface area contributed by atoms with Crippen LogP contribution in [0.5, 0.6) is 11.5 Å². The Labute approximate surface area is 179 Å². The number of rotatable bonds is 8. The first-order valence-corrected chi connectivity index (χ1v) is 11.4. The van der Waals surface area contributed by atoms with Gasteiger partial charge in [-0.3, -0.25) is 9.10 Å². The Kier molecular flexibility index (Phi) is 7.36. The van der Waals surface area contributed by atoms with Gasteiger partial charge in [0.2, 0.25) is 15.9 Å². The van der Waals surface area contributed by atoms with E-state index in [4.69, 9.17) is 9.47 Å². The van der Waals surface area contributed by atoms with Crippen LogP contribution in [0.4, 0.5) is 5.69 Å². The Balaban J connectivity index is 2.29. The Hall–Kier alpha value is -2.74. The molecule has 0 aliphatic rings. The minimum atomic E-state index is -3.68. The van der Waals surface area contributed by atoms with Gasteiger partial charge in [-0.15, -0.1) is 0 Å². The van der Waals surface area contributed by atoms with Crippen molar-refractivity contribution in [1.82, 2.24) is 5.32 Å². The summed E-state index contributed by atoms with van der Waals surface area (Å²) in [5.41, 5.74) is 3.12. The molecule has 0 heterocycles. The predicted molar refractivity (Wildman–Crippen MR) is 119 cm³/mol. The van der Waals surface area contributed by atoms with E-state index in [1.54, 1.807) is 45.4 Å². The van der Waals surface area contributed by atoms with Gasteiger partial charge in [0.25, 0.3) is 0 Å². The molecule has 0 fully saturated rings. The minimum absolute atomic E-state index is 0.361. The summed E-state index contributed by atoms with van der Waals surface area (Å²) >= 11 is 0. The van der Waals surface area contributed by atoms with Gasteiger partial charge in [0.15, 0.2) is 11.5 Å². The molecule has 0 spiro atoms. The largest absolute Gasteiger partial charge is 0.493 e. The lowest BCUT2D eigenvalue weighted by Gasteiger charge is -2.30. The summed E-state index contributed by atoms with van der Waals surface area (Å²) < 4.78 is 36.8. The highest BCUT2D eigenvalue weighted by Crippen LogP contribution is 2.30. The minimum Gasteiger partial charge on any atom is -0.493 e. The fourth-order valence-corrected chi connectivity index (χ4v) is 4.58. The molecule has 0 aliphatic heterocycles. The van der Waals surface area contributed by atoms with Crippen LogP contribution >= 0.6 is 0 Å². The molecule has 1 amide bonds. The molecule has 2 aromatic carbocycles. The maximum Gasteiger partial charge on any atom is 0.244 e. The van der Waals surface area contributed by atoms with E-state index in [0.29, 0.717) is 17.2 Å². The fraction of sp³-hybridized carbons (Fsp3) is 0.409. The van der Waals surface area contributed by atoms with E-state index in [0.717, 1.165) is 27.3 Å². The number of anilines is 1. The number of nitrogens with one attached hydrogen (secondary N) is 1. The van der Waals surface area contributed by atoms with Crippen molar-refractivity contribution in [3.05, 3.63) is 53.1 Å². The molecular weight excluding hydrogens is 404 g/mol. The van der Waals surface area contributed by atoms with Crippen LogP contribution in [-0.4, -0.2) is 40.8 Å². The Morgan fingerprint density at radius 2 is 1.53 bits per heavy atom. The number of nitrogens with zero attached hydrogens (tertiary/aromatic N) is 1. The van der Waals surface area contributed by atoms with Crippen molar-refractivity contribution in [1.29, 1.82) is 0 Å². The number of amides is 1. The molecule has 1 N–H and O–H groups in total. The number of ether oxygens (including phenoxy) is 2. The first-order valence-electron chi connectivity index (χ1n) is 9.58. The highest BCUT2D eigenvalue weighted by atomic mass is 32.2. The van der Waals surface area contributed by atoms with Gasteiger partial charge in [0, 0.05) is 0 Å². The van der Waals surface area contributed by atoms with Gasteiger partial charge >= 0.3 is 0 Å². The van der Waals surface area contributed by atoms with Gasteiger partial charge in [-0.1, -0.05) is 12.1 Å². The summed E-state index contributed by atoms with van der Waals surface area (Å²) in [6, 6.07) is 9.56. The smallest absolute Gasteiger partial charge is 0.244 e. The lowest BCUT2D eigenvalue weighted by molar-refractivity contribution is -0.122. The molecule has 0 aromatic heterocycles. The van der Waals surface area contributed by atoms with Gasteiger partial charge in [-0.05, 0) is 68.7 Å². The van der Waals surface area contributed by atoms with Gasteiger partial charge in [0.05, 0.1) is 32.2 Å². The molecule has 2 atom stereocenters. The lowest BCUT2D eigenvalue weighted by Crippen LogP contribution is -2.48. The van der Waals surface area contributed by atoms with Crippen LogP contribution in [-0.2, 0) is 14.8 Å². The molecular formula is C22H30N2O5S. The van der Waals surface area contributed by atoms with Crippen LogP contribution < -0.4 is 19.1 Å². The summed E-state index contributed by atoms with van der Waals surface area (Å²) in [5, 5.41) is 2.89. The molecule has 0 bridgehead atoms. The normalized spacial score (nSPS) is 13.3. The highest BCUT2D eigenvalue weighted by Gasteiger charge is 2.30. The third-order valence-corrected chi connectivity index (χ3v) is 6.06. The van der Waals surface area contributed by atoms with Crippen molar-refractivity contribution in [2.45, 2.75) is 39.8 Å². The van der Waals surface area contributed by atoms with E-state index >= 15 is 0 Å². The number of methoxy groups -OCH3 is 2. The summed E-state index contributed by atoms with van der Waals surface area (Å²) in [5.74, 6) is 0.741. The van der Waals surface area contributed by atoms with Crippen molar-refractivity contribution in [2.24, 2.45) is 0 Å². The zero-order chi connectivity index (χ0) is 22.6. The number of carbonyl (C=O) groups is 1. The second kappa shape index (κ2) is 9.38. The van der Waals surface area contributed by atoms with Crippen molar-refractivity contribution >= 4 is 21.6 Å². The number of hydrogen-bond donors (Lipinski definition) is 1. The van der Waals surface area contributed by atoms with Gasteiger partial charge in [-0.25, -0.2) is 8.42 Å². The SMILES string of the molecule is COc1ccc([C@H](C)NC(=O)[C@@H](C)N(c2cc(C)cc(C)c2)S(C)(=O)=O)cc1OC. The number of hydrogen-bond acceptors (Lipinski definition) is 5. The summed E-state index contributed by atoms with van der Waals surface area (Å²) in [4.78, 5) is 13.0. The average Bonchev–Trinajstić information content (AvgIpc) is 2.65. The van der Waals surface area contributed by atoms with Crippen LogP contribution in [0.15, 0.2) is 36.4 Å². The monoisotopic (exact) mass is 434 g/mol. The van der Waals surface area contributed by atoms with E-state index in [9.17, 15) is 13.2 Å². The summed E-state index contributed by atoms with van der Waals surface area (Å²) in [6.07, 6.45) is 1.10. The van der Waals surface area contributed by atoms with Gasteiger partial charge in [0.1, 0.15) is 6.04 Å². The second-order valence-corrected chi connectivity index (χ2v) is 9.28. The van der Waals surface area contributed by atoms with E-state index in [2.05, 4.69) is 5.32 Å². The molecule has 0 unspecified atom stereocenters. The van der Waals surface area contributed by atoms with Crippen molar-refractivity contribution in [3.63, 3.8) is 0 Å². The summed E-state index contributed by atoms with van der Waals surface area (Å²) in [7, 11) is -0.585. The molecule has 8 heteroatoms. The first kappa shape index (κ1) is 23.5. The second-order valence-electron chi connectivity index (χ2n) is 7.43. The Morgan fingerprint density at radius 3 is 2.03 bits per heavy atom. The van der Waals surface area contributed by atoms with Crippen LogP contribution in [0.25, 0.3) is 0 Å². The summed E-state index contributed by atoms with van der Waals surface area (Å²) in [6.45, 7) is 7.19. The van der Waals surface area contributed by atoms with E-state index in [1.165, 1.54) is 0 Å². The van der Waals surface area contributed by atoms with Crippen molar-refractivity contribution < 1.29 is 22.7 Å². The quantitative estimate of drug-likeness (QED) is 0.689. The number of sulfonamides is 1. The zero-order valence-corrected chi connectivity index (χ0v) is 19.3. The van der Waals surface area contributed by atoms with E-state index in [1.807, 2.05) is 32.9 Å². The molecule has 30 heavy (non-hydrogen) atoms. The maximum atomic E-state index is 13.0. The number of carbonyl (C=O) groups excluding carboxylic acids is 1. The molecule has 0 saturated heterocycles. The van der Waals surface area contributed by atoms with Crippen LogP contribution in [0.3, 0.4) is 0 Å². The Morgan fingerprint density at radius 1 is 0.967 bits per heavy atom. The van der Waals surface area contributed by atoms with Crippen molar-refractivity contribution in [2.75, 3.05) is 24.8 Å². The first-order chi connectivity index (χ1) is 14.0.